The van der Waals surface area contributed by atoms with Gasteiger partial charge in [-0.2, -0.15) is 0 Å². The number of nitrogens with one attached hydrogen (secondary N) is 1. The summed E-state index contributed by atoms with van der Waals surface area (Å²) >= 11 is 0. The van der Waals surface area contributed by atoms with Gasteiger partial charge >= 0.3 is 0 Å². The Balaban J connectivity index is 1.43. The third-order valence-electron chi connectivity index (χ3n) is 5.72. The summed E-state index contributed by atoms with van der Waals surface area (Å²) in [6.45, 7) is 4.20. The first-order valence-corrected chi connectivity index (χ1v) is 10.8. The van der Waals surface area contributed by atoms with Gasteiger partial charge in [0.05, 0.1) is 26.4 Å². The van der Waals surface area contributed by atoms with Gasteiger partial charge in [0.15, 0.2) is 11.5 Å². The molecule has 6 heteroatoms. The van der Waals surface area contributed by atoms with Crippen LogP contribution in [0.4, 0.5) is 5.69 Å². The molecule has 0 spiro atoms. The highest BCUT2D eigenvalue weighted by Gasteiger charge is 2.19. The molecule has 2 aliphatic rings. The van der Waals surface area contributed by atoms with Gasteiger partial charge in [0.25, 0.3) is 5.91 Å². The van der Waals surface area contributed by atoms with Crippen molar-refractivity contribution in [2.75, 3.05) is 38.7 Å². The molecule has 0 atom stereocenters. The van der Waals surface area contributed by atoms with Gasteiger partial charge in [-0.25, -0.2) is 0 Å². The van der Waals surface area contributed by atoms with Gasteiger partial charge in [-0.3, -0.25) is 9.69 Å². The van der Waals surface area contributed by atoms with Gasteiger partial charge < -0.3 is 19.5 Å². The van der Waals surface area contributed by atoms with Crippen molar-refractivity contribution in [2.24, 2.45) is 0 Å². The lowest BCUT2D eigenvalue weighted by molar-refractivity contribution is 0.0342. The lowest BCUT2D eigenvalue weighted by Gasteiger charge is -2.26. The van der Waals surface area contributed by atoms with E-state index in [1.165, 1.54) is 12.8 Å². The minimum atomic E-state index is -0.129. The van der Waals surface area contributed by atoms with Crippen molar-refractivity contribution in [3.63, 3.8) is 0 Å². The molecule has 1 aliphatic heterocycles. The van der Waals surface area contributed by atoms with Crippen LogP contribution in [0.3, 0.4) is 0 Å². The highest BCUT2D eigenvalue weighted by molar-refractivity contribution is 6.04. The molecular weight excluding hydrogens is 380 g/mol. The first kappa shape index (κ1) is 20.7. The lowest BCUT2D eigenvalue weighted by atomic mass is 10.1. The molecule has 1 saturated heterocycles. The number of nitrogens with zero attached hydrogens (tertiary/aromatic N) is 1. The Hall–Kier alpha value is -2.57. The zero-order valence-electron chi connectivity index (χ0n) is 17.6. The molecule has 0 radical (unpaired) electrons. The fraction of sp³-hybridized carbons (Fsp3) is 0.458. The first-order chi connectivity index (χ1) is 14.7. The summed E-state index contributed by atoms with van der Waals surface area (Å²) in [6, 6.07) is 13.3. The third kappa shape index (κ3) is 5.32. The summed E-state index contributed by atoms with van der Waals surface area (Å²) in [5.41, 5.74) is 2.48. The average molecular weight is 411 g/mol. The first-order valence-electron chi connectivity index (χ1n) is 10.8. The van der Waals surface area contributed by atoms with Crippen LogP contribution in [0.2, 0.25) is 0 Å². The largest absolute Gasteiger partial charge is 0.493 e. The van der Waals surface area contributed by atoms with E-state index in [9.17, 15) is 4.79 Å². The Bertz CT molecular complexity index is 858. The number of benzene rings is 2. The zero-order valence-corrected chi connectivity index (χ0v) is 17.6. The summed E-state index contributed by atoms with van der Waals surface area (Å²) in [7, 11) is 1.63. The van der Waals surface area contributed by atoms with Crippen LogP contribution in [-0.4, -0.2) is 50.3 Å². The number of ether oxygens (including phenoxy) is 3. The van der Waals surface area contributed by atoms with Crippen LogP contribution in [0.25, 0.3) is 0 Å². The molecule has 160 valence electrons. The minimum absolute atomic E-state index is 0.129. The number of rotatable bonds is 7. The van der Waals surface area contributed by atoms with Crippen molar-refractivity contribution in [3.05, 3.63) is 53.6 Å². The van der Waals surface area contributed by atoms with Crippen molar-refractivity contribution in [1.82, 2.24) is 4.90 Å². The molecule has 0 bridgehead atoms. The fourth-order valence-electron chi connectivity index (χ4n) is 4.06. The molecule has 4 rings (SSSR count). The number of hydrogen-bond donors (Lipinski definition) is 1. The minimum Gasteiger partial charge on any atom is -0.493 e. The van der Waals surface area contributed by atoms with E-state index >= 15 is 0 Å². The average Bonchev–Trinajstić information content (AvgIpc) is 3.28. The monoisotopic (exact) mass is 410 g/mol. The zero-order chi connectivity index (χ0) is 20.8. The van der Waals surface area contributed by atoms with Crippen molar-refractivity contribution in [1.29, 1.82) is 0 Å². The Morgan fingerprint density at radius 1 is 1.10 bits per heavy atom. The number of methoxy groups -OCH3 is 1. The number of anilines is 1. The van der Waals surface area contributed by atoms with E-state index in [2.05, 4.69) is 16.3 Å². The highest BCUT2D eigenvalue weighted by atomic mass is 16.5. The highest BCUT2D eigenvalue weighted by Crippen LogP contribution is 2.34. The molecule has 2 fully saturated rings. The maximum atomic E-state index is 12.9. The van der Waals surface area contributed by atoms with Crippen LogP contribution in [0.1, 0.15) is 41.6 Å². The number of morpholine rings is 1. The van der Waals surface area contributed by atoms with E-state index in [1.807, 2.05) is 36.4 Å². The van der Waals surface area contributed by atoms with Gasteiger partial charge in [-0.1, -0.05) is 12.1 Å². The number of amides is 1. The van der Waals surface area contributed by atoms with Gasteiger partial charge in [0, 0.05) is 37.0 Å². The summed E-state index contributed by atoms with van der Waals surface area (Å²) in [5.74, 6) is 1.24. The molecule has 1 heterocycles. The van der Waals surface area contributed by atoms with Crippen LogP contribution in [0, 0.1) is 0 Å². The second-order valence-electron chi connectivity index (χ2n) is 7.93. The third-order valence-corrected chi connectivity index (χ3v) is 5.72. The number of carbonyl (C=O) groups is 1. The van der Waals surface area contributed by atoms with Crippen LogP contribution < -0.4 is 14.8 Å². The SMILES string of the molecule is COc1ccc(NC(=O)c2cccc(CN3CCOCC3)c2)cc1OC1CCCC1. The predicted octanol–water partition coefficient (Wildman–Crippen LogP) is 4.10. The Morgan fingerprint density at radius 3 is 2.67 bits per heavy atom. The van der Waals surface area contributed by atoms with Crippen molar-refractivity contribution < 1.29 is 19.0 Å². The molecule has 1 N–H and O–H groups in total. The van der Waals surface area contributed by atoms with Crippen LogP contribution in [0.15, 0.2) is 42.5 Å². The second-order valence-corrected chi connectivity index (χ2v) is 7.93. The summed E-state index contributed by atoms with van der Waals surface area (Å²) < 4.78 is 17.0. The summed E-state index contributed by atoms with van der Waals surface area (Å²) in [5, 5.41) is 3.00. The van der Waals surface area contributed by atoms with Gasteiger partial charge in [-0.15, -0.1) is 0 Å². The molecule has 2 aromatic carbocycles. The van der Waals surface area contributed by atoms with E-state index in [1.54, 1.807) is 7.11 Å². The molecular formula is C24H30N2O4. The van der Waals surface area contributed by atoms with E-state index in [-0.39, 0.29) is 12.0 Å². The van der Waals surface area contributed by atoms with E-state index in [0.29, 0.717) is 22.7 Å². The van der Waals surface area contributed by atoms with E-state index in [0.717, 1.165) is 51.3 Å². The fourth-order valence-corrected chi connectivity index (χ4v) is 4.06. The summed E-state index contributed by atoms with van der Waals surface area (Å²) in [6.07, 6.45) is 4.75. The van der Waals surface area contributed by atoms with E-state index in [4.69, 9.17) is 14.2 Å². The molecule has 30 heavy (non-hydrogen) atoms. The number of carbonyl (C=O) groups excluding carboxylic acids is 1. The molecule has 0 unspecified atom stereocenters. The molecule has 0 aromatic heterocycles. The van der Waals surface area contributed by atoms with E-state index < -0.39 is 0 Å². The smallest absolute Gasteiger partial charge is 0.255 e. The molecule has 1 amide bonds. The quantitative estimate of drug-likeness (QED) is 0.745. The Morgan fingerprint density at radius 2 is 1.90 bits per heavy atom. The maximum absolute atomic E-state index is 12.9. The molecule has 6 nitrogen and oxygen atoms in total. The topological polar surface area (TPSA) is 60.0 Å². The maximum Gasteiger partial charge on any atom is 0.255 e. The Labute approximate surface area is 178 Å². The van der Waals surface area contributed by atoms with Crippen molar-refractivity contribution in [2.45, 2.75) is 38.3 Å². The normalized spacial score (nSPS) is 17.6. The van der Waals surface area contributed by atoms with Crippen LogP contribution in [0.5, 0.6) is 11.5 Å². The standard InChI is InChI=1S/C24H30N2O4/c1-28-22-10-9-20(16-23(22)30-21-7-2-3-8-21)25-24(27)19-6-4-5-18(15-19)17-26-11-13-29-14-12-26/h4-6,9-10,15-16,21H,2-3,7-8,11-14,17H2,1H3,(H,25,27). The molecule has 1 saturated carbocycles. The van der Waals surface area contributed by atoms with Crippen molar-refractivity contribution >= 4 is 11.6 Å². The van der Waals surface area contributed by atoms with Crippen LogP contribution >= 0.6 is 0 Å². The molecule has 1 aliphatic carbocycles. The molecule has 2 aromatic rings. The number of hydrogen-bond acceptors (Lipinski definition) is 5. The van der Waals surface area contributed by atoms with Gasteiger partial charge in [-0.05, 0) is 55.5 Å². The van der Waals surface area contributed by atoms with Gasteiger partial charge in [0.2, 0.25) is 0 Å². The summed E-state index contributed by atoms with van der Waals surface area (Å²) in [4.78, 5) is 15.2. The Kier molecular flexibility index (Phi) is 6.87. The van der Waals surface area contributed by atoms with Crippen molar-refractivity contribution in [3.8, 4) is 11.5 Å². The predicted molar refractivity (Wildman–Crippen MR) is 116 cm³/mol. The van der Waals surface area contributed by atoms with Gasteiger partial charge in [0.1, 0.15) is 0 Å². The van der Waals surface area contributed by atoms with Crippen LogP contribution in [-0.2, 0) is 11.3 Å². The second kappa shape index (κ2) is 9.96. The lowest BCUT2D eigenvalue weighted by Crippen LogP contribution is -2.35.